The molecule has 0 atom stereocenters. The summed E-state index contributed by atoms with van der Waals surface area (Å²) in [5.74, 6) is -3.84. The van der Waals surface area contributed by atoms with Gasteiger partial charge in [-0.05, 0) is 12.1 Å². The molecule has 1 aromatic carbocycles. The molecule has 0 radical (unpaired) electrons. The number of rotatable bonds is 4. The molecular weight excluding hydrogens is 270 g/mol. The van der Waals surface area contributed by atoms with Crippen LogP contribution in [-0.2, 0) is 0 Å². The van der Waals surface area contributed by atoms with Crippen molar-refractivity contribution in [2.75, 3.05) is 5.32 Å². The predicted octanol–water partition coefficient (Wildman–Crippen LogP) is 2.19. The Kier molecular flexibility index (Phi) is 3.65. The molecule has 8 heteroatoms. The number of nitrogens with zero attached hydrogens (tertiary/aromatic N) is 2. The molecule has 0 aliphatic carbocycles. The maximum Gasteiger partial charge on any atom is 0.374 e. The summed E-state index contributed by atoms with van der Waals surface area (Å²) in [6.45, 7) is 0. The Balaban J connectivity index is 2.49. The van der Waals surface area contributed by atoms with Crippen molar-refractivity contribution in [2.24, 2.45) is 0 Å². The van der Waals surface area contributed by atoms with Gasteiger partial charge in [-0.15, -0.1) is 0 Å². The van der Waals surface area contributed by atoms with Gasteiger partial charge in [0, 0.05) is 12.4 Å². The Labute approximate surface area is 111 Å². The van der Waals surface area contributed by atoms with Crippen LogP contribution >= 0.6 is 0 Å². The Bertz CT molecular complexity index is 671. The predicted molar refractivity (Wildman–Crippen MR) is 66.5 cm³/mol. The number of carboxylic acids is 1. The van der Waals surface area contributed by atoms with Crippen LogP contribution in [0.4, 0.5) is 20.3 Å². The minimum Gasteiger partial charge on any atom is -0.475 e. The van der Waals surface area contributed by atoms with Crippen molar-refractivity contribution in [3.63, 3.8) is 0 Å². The summed E-state index contributed by atoms with van der Waals surface area (Å²) in [5, 5.41) is 18.3. The topological polar surface area (TPSA) is 99.0 Å². The van der Waals surface area contributed by atoms with Crippen molar-refractivity contribution in [1.29, 1.82) is 5.41 Å². The van der Waals surface area contributed by atoms with Gasteiger partial charge in [0.2, 0.25) is 5.82 Å². The molecule has 102 valence electrons. The standard InChI is InChI=1S/C12H8F2N4O2/c13-7-2-1-3-8(14)9(7)17-10-6(4-15)5-16-11(18-10)12(19)20/h1-5,15H,(H,19,20)(H,16,17,18). The van der Waals surface area contributed by atoms with Gasteiger partial charge in [0.1, 0.15) is 23.1 Å². The van der Waals surface area contributed by atoms with Gasteiger partial charge in [0.15, 0.2) is 0 Å². The average molecular weight is 278 g/mol. The minimum absolute atomic E-state index is 0.0950. The molecule has 6 nitrogen and oxygen atoms in total. The van der Waals surface area contributed by atoms with Gasteiger partial charge in [0.05, 0.1) is 5.56 Å². The maximum absolute atomic E-state index is 13.5. The third-order valence-corrected chi connectivity index (χ3v) is 2.37. The minimum atomic E-state index is -1.39. The highest BCUT2D eigenvalue weighted by Crippen LogP contribution is 2.23. The number of carbonyl (C=O) groups is 1. The first-order valence-corrected chi connectivity index (χ1v) is 5.34. The zero-order valence-corrected chi connectivity index (χ0v) is 9.89. The van der Waals surface area contributed by atoms with Crippen LogP contribution in [0.1, 0.15) is 16.2 Å². The largest absolute Gasteiger partial charge is 0.475 e. The van der Waals surface area contributed by atoms with Gasteiger partial charge in [-0.1, -0.05) is 6.07 Å². The molecule has 0 unspecified atom stereocenters. The number of para-hydroxylation sites is 1. The maximum atomic E-state index is 13.5. The number of carboxylic acid groups (broad SMARTS) is 1. The highest BCUT2D eigenvalue weighted by atomic mass is 19.1. The van der Waals surface area contributed by atoms with Crippen LogP contribution < -0.4 is 5.32 Å². The number of hydrogen-bond donors (Lipinski definition) is 3. The van der Waals surface area contributed by atoms with Crippen LogP contribution in [-0.4, -0.2) is 27.3 Å². The monoisotopic (exact) mass is 278 g/mol. The van der Waals surface area contributed by atoms with Gasteiger partial charge >= 0.3 is 5.97 Å². The first kappa shape index (κ1) is 13.5. The fourth-order valence-corrected chi connectivity index (χ4v) is 1.44. The van der Waals surface area contributed by atoms with Crippen LogP contribution in [0.15, 0.2) is 24.4 Å². The molecule has 0 amide bonds. The zero-order valence-electron chi connectivity index (χ0n) is 9.89. The zero-order chi connectivity index (χ0) is 14.7. The highest BCUT2D eigenvalue weighted by molar-refractivity contribution is 5.88. The van der Waals surface area contributed by atoms with Gasteiger partial charge in [-0.3, -0.25) is 0 Å². The van der Waals surface area contributed by atoms with Crippen molar-refractivity contribution < 1.29 is 18.7 Å². The summed E-state index contributed by atoms with van der Waals surface area (Å²) in [6, 6.07) is 3.26. The van der Waals surface area contributed by atoms with Crippen molar-refractivity contribution in [3.05, 3.63) is 47.4 Å². The van der Waals surface area contributed by atoms with E-state index in [4.69, 9.17) is 10.5 Å². The molecule has 2 rings (SSSR count). The summed E-state index contributed by atoms with van der Waals surface area (Å²) in [4.78, 5) is 17.9. The molecule has 20 heavy (non-hydrogen) atoms. The number of anilines is 2. The molecule has 1 aromatic heterocycles. The third kappa shape index (κ3) is 2.58. The smallest absolute Gasteiger partial charge is 0.374 e. The van der Waals surface area contributed by atoms with Crippen LogP contribution in [0.2, 0.25) is 0 Å². The molecule has 1 heterocycles. The SMILES string of the molecule is N=Cc1cnc(C(=O)O)nc1Nc1c(F)cccc1F. The molecule has 0 aliphatic rings. The molecule has 2 aromatic rings. The first-order chi connectivity index (χ1) is 9.52. The molecule has 0 aliphatic heterocycles. The number of nitrogens with one attached hydrogen (secondary N) is 2. The van der Waals surface area contributed by atoms with E-state index in [-0.39, 0.29) is 11.4 Å². The Morgan fingerprint density at radius 2 is 2.00 bits per heavy atom. The van der Waals surface area contributed by atoms with E-state index in [1.54, 1.807) is 0 Å². The summed E-state index contributed by atoms with van der Waals surface area (Å²) in [5.41, 5.74) is -0.386. The van der Waals surface area contributed by atoms with E-state index in [0.717, 1.165) is 24.5 Å². The lowest BCUT2D eigenvalue weighted by atomic mass is 10.2. The van der Waals surface area contributed by atoms with Crippen LogP contribution in [0.25, 0.3) is 0 Å². The molecule has 0 spiro atoms. The fraction of sp³-hybridized carbons (Fsp3) is 0. The molecular formula is C12H8F2N4O2. The van der Waals surface area contributed by atoms with E-state index in [2.05, 4.69) is 15.3 Å². The molecule has 0 saturated carbocycles. The number of aromatic nitrogens is 2. The van der Waals surface area contributed by atoms with Gasteiger partial charge in [0.25, 0.3) is 0 Å². The highest BCUT2D eigenvalue weighted by Gasteiger charge is 2.14. The van der Waals surface area contributed by atoms with Crippen LogP contribution in [0, 0.1) is 17.0 Å². The number of halogens is 2. The second-order valence-electron chi connectivity index (χ2n) is 3.67. The molecule has 0 bridgehead atoms. The van der Waals surface area contributed by atoms with E-state index >= 15 is 0 Å². The van der Waals surface area contributed by atoms with Crippen LogP contribution in [0.3, 0.4) is 0 Å². The Morgan fingerprint density at radius 1 is 1.35 bits per heavy atom. The summed E-state index contributed by atoms with van der Waals surface area (Å²) in [6.07, 6.45) is 1.91. The van der Waals surface area contributed by atoms with Crippen molar-refractivity contribution in [1.82, 2.24) is 9.97 Å². The van der Waals surface area contributed by atoms with E-state index in [9.17, 15) is 13.6 Å². The van der Waals surface area contributed by atoms with Crippen LogP contribution in [0.5, 0.6) is 0 Å². The molecule has 0 fully saturated rings. The number of aromatic carboxylic acids is 1. The Morgan fingerprint density at radius 3 is 2.55 bits per heavy atom. The van der Waals surface area contributed by atoms with Gasteiger partial charge < -0.3 is 15.8 Å². The lowest BCUT2D eigenvalue weighted by Gasteiger charge is -2.10. The van der Waals surface area contributed by atoms with E-state index in [1.807, 2.05) is 0 Å². The lowest BCUT2D eigenvalue weighted by Crippen LogP contribution is -2.09. The number of hydrogen-bond acceptors (Lipinski definition) is 5. The first-order valence-electron chi connectivity index (χ1n) is 5.34. The van der Waals surface area contributed by atoms with E-state index in [1.165, 1.54) is 6.07 Å². The summed E-state index contributed by atoms with van der Waals surface area (Å²) in [7, 11) is 0. The quantitative estimate of drug-likeness (QED) is 0.744. The third-order valence-electron chi connectivity index (χ3n) is 2.37. The normalized spacial score (nSPS) is 10.1. The fourth-order valence-electron chi connectivity index (χ4n) is 1.44. The summed E-state index contributed by atoms with van der Waals surface area (Å²) >= 11 is 0. The van der Waals surface area contributed by atoms with Crippen molar-refractivity contribution >= 4 is 23.7 Å². The average Bonchev–Trinajstić information content (AvgIpc) is 2.42. The van der Waals surface area contributed by atoms with Gasteiger partial charge in [-0.2, -0.15) is 0 Å². The molecule has 0 saturated heterocycles. The van der Waals surface area contributed by atoms with Gasteiger partial charge in [-0.25, -0.2) is 23.5 Å². The lowest BCUT2D eigenvalue weighted by molar-refractivity contribution is 0.0683. The van der Waals surface area contributed by atoms with Crippen molar-refractivity contribution in [2.45, 2.75) is 0 Å². The summed E-state index contributed by atoms with van der Waals surface area (Å²) < 4.78 is 27.0. The van der Waals surface area contributed by atoms with E-state index < -0.39 is 29.1 Å². The van der Waals surface area contributed by atoms with E-state index in [0.29, 0.717) is 0 Å². The Hall–Kier alpha value is -2.90. The molecule has 3 N–H and O–H groups in total. The second-order valence-corrected chi connectivity index (χ2v) is 3.67. The number of benzene rings is 1. The second kappa shape index (κ2) is 5.39. The van der Waals surface area contributed by atoms with Crippen molar-refractivity contribution in [3.8, 4) is 0 Å².